The molecule has 1 heterocycles. The highest BCUT2D eigenvalue weighted by Gasteiger charge is 2.20. The molecule has 3 rings (SSSR count). The van der Waals surface area contributed by atoms with E-state index in [9.17, 15) is 4.79 Å². The number of anilines is 2. The number of hydrogen-bond acceptors (Lipinski definition) is 7. The molecule has 0 aliphatic rings. The van der Waals surface area contributed by atoms with Crippen LogP contribution >= 0.6 is 23.1 Å². The molecule has 6 nitrogen and oxygen atoms in total. The summed E-state index contributed by atoms with van der Waals surface area (Å²) in [6.45, 7) is 2.52. The Morgan fingerprint density at radius 1 is 1.14 bits per heavy atom. The average molecular weight is 415 g/mol. The van der Waals surface area contributed by atoms with E-state index in [4.69, 9.17) is 4.74 Å². The van der Waals surface area contributed by atoms with E-state index in [2.05, 4.69) is 20.8 Å². The molecule has 2 aromatic carbocycles. The van der Waals surface area contributed by atoms with Crippen LogP contribution in [-0.4, -0.2) is 28.5 Å². The first-order valence-corrected chi connectivity index (χ1v) is 10.6. The van der Waals surface area contributed by atoms with Crippen LogP contribution in [0.25, 0.3) is 0 Å². The van der Waals surface area contributed by atoms with Gasteiger partial charge in [-0.2, -0.15) is 0 Å². The number of methoxy groups -OCH3 is 1. The molecule has 8 heteroatoms. The van der Waals surface area contributed by atoms with Gasteiger partial charge in [0.2, 0.25) is 11.0 Å². The molecule has 0 saturated heterocycles. The number of rotatable bonds is 9. The van der Waals surface area contributed by atoms with Crippen LogP contribution in [0.4, 0.5) is 10.8 Å². The lowest BCUT2D eigenvalue weighted by Gasteiger charge is -2.13. The lowest BCUT2D eigenvalue weighted by Crippen LogP contribution is -2.31. The van der Waals surface area contributed by atoms with E-state index in [1.807, 2.05) is 61.5 Å². The molecule has 1 atom stereocenters. The molecule has 1 amide bonds. The fourth-order valence-electron chi connectivity index (χ4n) is 2.45. The molecule has 1 aromatic heterocycles. The zero-order chi connectivity index (χ0) is 19.8. The molecule has 3 aromatic rings. The van der Waals surface area contributed by atoms with Crippen molar-refractivity contribution < 1.29 is 9.53 Å². The molecule has 0 fully saturated rings. The number of carbonyl (C=O) groups is 1. The Morgan fingerprint density at radius 3 is 2.57 bits per heavy atom. The summed E-state index contributed by atoms with van der Waals surface area (Å²) >= 11 is 2.87. The highest BCUT2D eigenvalue weighted by molar-refractivity contribution is 8.02. The minimum Gasteiger partial charge on any atom is -0.497 e. The largest absolute Gasteiger partial charge is 0.497 e. The van der Waals surface area contributed by atoms with Crippen molar-refractivity contribution in [1.82, 2.24) is 15.5 Å². The van der Waals surface area contributed by atoms with Crippen LogP contribution in [0.2, 0.25) is 0 Å². The summed E-state index contributed by atoms with van der Waals surface area (Å²) < 4.78 is 5.92. The average Bonchev–Trinajstić information content (AvgIpc) is 3.18. The molecule has 0 radical (unpaired) electrons. The molecular weight excluding hydrogens is 392 g/mol. The molecule has 0 bridgehead atoms. The standard InChI is InChI=1S/C20H22N4O2S2/c1-3-17(18(25)21-13-14-7-5-4-6-8-14)27-20-24-23-19(28-20)22-15-9-11-16(26-2)12-10-15/h4-12,17H,3,13H2,1-2H3,(H,21,25)(H,22,23). The predicted molar refractivity (Wildman–Crippen MR) is 114 cm³/mol. The van der Waals surface area contributed by atoms with Crippen LogP contribution in [0, 0.1) is 0 Å². The number of carbonyl (C=O) groups excluding carboxylic acids is 1. The van der Waals surface area contributed by atoms with Gasteiger partial charge in [-0.05, 0) is 36.2 Å². The van der Waals surface area contributed by atoms with Crippen LogP contribution in [0.3, 0.4) is 0 Å². The lowest BCUT2D eigenvalue weighted by molar-refractivity contribution is -0.120. The number of nitrogens with zero attached hydrogens (tertiary/aromatic N) is 2. The van der Waals surface area contributed by atoms with Crippen molar-refractivity contribution in [3.63, 3.8) is 0 Å². The number of amides is 1. The predicted octanol–water partition coefficient (Wildman–Crippen LogP) is 4.48. The fraction of sp³-hybridized carbons (Fsp3) is 0.250. The van der Waals surface area contributed by atoms with Crippen molar-refractivity contribution in [3.05, 3.63) is 60.2 Å². The summed E-state index contributed by atoms with van der Waals surface area (Å²) in [6.07, 6.45) is 0.714. The number of benzene rings is 2. The molecule has 146 valence electrons. The Bertz CT molecular complexity index is 885. The van der Waals surface area contributed by atoms with Crippen molar-refractivity contribution in [1.29, 1.82) is 0 Å². The summed E-state index contributed by atoms with van der Waals surface area (Å²) in [5.41, 5.74) is 1.98. The smallest absolute Gasteiger partial charge is 0.233 e. The second kappa shape index (κ2) is 10.1. The van der Waals surface area contributed by atoms with E-state index in [0.29, 0.717) is 18.1 Å². The van der Waals surface area contributed by atoms with Crippen LogP contribution < -0.4 is 15.4 Å². The SMILES string of the molecule is CCC(Sc1nnc(Nc2ccc(OC)cc2)s1)C(=O)NCc1ccccc1. The van der Waals surface area contributed by atoms with Gasteiger partial charge in [-0.3, -0.25) is 4.79 Å². The van der Waals surface area contributed by atoms with E-state index in [0.717, 1.165) is 21.3 Å². The third kappa shape index (κ3) is 5.71. The lowest BCUT2D eigenvalue weighted by atomic mass is 10.2. The molecule has 2 N–H and O–H groups in total. The quantitative estimate of drug-likeness (QED) is 0.503. The maximum atomic E-state index is 12.5. The molecule has 0 saturated carbocycles. The zero-order valence-electron chi connectivity index (χ0n) is 15.7. The maximum absolute atomic E-state index is 12.5. The van der Waals surface area contributed by atoms with Crippen molar-refractivity contribution >= 4 is 39.8 Å². The maximum Gasteiger partial charge on any atom is 0.233 e. The monoisotopic (exact) mass is 414 g/mol. The van der Waals surface area contributed by atoms with Gasteiger partial charge in [-0.25, -0.2) is 0 Å². The Hall–Kier alpha value is -2.58. The van der Waals surface area contributed by atoms with Gasteiger partial charge < -0.3 is 15.4 Å². The van der Waals surface area contributed by atoms with Crippen LogP contribution in [0.5, 0.6) is 5.75 Å². The Kier molecular flexibility index (Phi) is 7.27. The highest BCUT2D eigenvalue weighted by atomic mass is 32.2. The van der Waals surface area contributed by atoms with E-state index < -0.39 is 0 Å². The van der Waals surface area contributed by atoms with Crippen LogP contribution in [-0.2, 0) is 11.3 Å². The van der Waals surface area contributed by atoms with E-state index in [1.54, 1.807) is 7.11 Å². The minimum absolute atomic E-state index is 0.0104. The molecule has 0 aliphatic heterocycles. The molecule has 0 aliphatic carbocycles. The van der Waals surface area contributed by atoms with E-state index in [1.165, 1.54) is 23.1 Å². The summed E-state index contributed by atoms with van der Waals surface area (Å²) in [5.74, 6) is 0.808. The van der Waals surface area contributed by atoms with Gasteiger partial charge >= 0.3 is 0 Å². The summed E-state index contributed by atoms with van der Waals surface area (Å²) in [5, 5.41) is 15.1. The van der Waals surface area contributed by atoms with Crippen molar-refractivity contribution in [2.45, 2.75) is 29.5 Å². The van der Waals surface area contributed by atoms with Crippen molar-refractivity contribution in [3.8, 4) is 5.75 Å². The molecular formula is C20H22N4O2S2. The van der Waals surface area contributed by atoms with Crippen molar-refractivity contribution in [2.75, 3.05) is 12.4 Å². The van der Waals surface area contributed by atoms with E-state index in [-0.39, 0.29) is 11.2 Å². The number of hydrogen-bond donors (Lipinski definition) is 2. The number of ether oxygens (including phenoxy) is 1. The van der Waals surface area contributed by atoms with Crippen LogP contribution in [0.15, 0.2) is 58.9 Å². The number of nitrogens with one attached hydrogen (secondary N) is 2. The number of aromatic nitrogens is 2. The first-order chi connectivity index (χ1) is 13.7. The van der Waals surface area contributed by atoms with Gasteiger partial charge in [0.1, 0.15) is 5.75 Å². The minimum atomic E-state index is -0.203. The molecule has 28 heavy (non-hydrogen) atoms. The Balaban J connectivity index is 1.54. The first-order valence-electron chi connectivity index (χ1n) is 8.90. The second-order valence-corrected chi connectivity index (χ2v) is 8.37. The normalized spacial score (nSPS) is 11.6. The topological polar surface area (TPSA) is 76.1 Å². The molecule has 0 spiro atoms. The van der Waals surface area contributed by atoms with Gasteiger partial charge in [0.15, 0.2) is 4.34 Å². The number of thioether (sulfide) groups is 1. The van der Waals surface area contributed by atoms with Gasteiger partial charge in [0.25, 0.3) is 0 Å². The molecule has 1 unspecified atom stereocenters. The van der Waals surface area contributed by atoms with Crippen LogP contribution in [0.1, 0.15) is 18.9 Å². The Morgan fingerprint density at radius 2 is 1.89 bits per heavy atom. The van der Waals surface area contributed by atoms with Gasteiger partial charge in [-0.15, -0.1) is 10.2 Å². The van der Waals surface area contributed by atoms with Gasteiger partial charge in [0.05, 0.1) is 12.4 Å². The van der Waals surface area contributed by atoms with Gasteiger partial charge in [-0.1, -0.05) is 60.4 Å². The first kappa shape index (κ1) is 20.2. The summed E-state index contributed by atoms with van der Waals surface area (Å²) in [6, 6.07) is 17.5. The second-order valence-electron chi connectivity index (χ2n) is 5.94. The summed E-state index contributed by atoms with van der Waals surface area (Å²) in [7, 11) is 1.64. The van der Waals surface area contributed by atoms with E-state index >= 15 is 0 Å². The Labute approximate surface area is 172 Å². The fourth-order valence-corrected chi connectivity index (χ4v) is 4.41. The highest BCUT2D eigenvalue weighted by Crippen LogP contribution is 2.32. The van der Waals surface area contributed by atoms with Crippen molar-refractivity contribution in [2.24, 2.45) is 0 Å². The third-order valence-corrected chi connectivity index (χ3v) is 6.25. The van der Waals surface area contributed by atoms with Gasteiger partial charge in [0, 0.05) is 12.2 Å². The zero-order valence-corrected chi connectivity index (χ0v) is 17.3. The third-order valence-electron chi connectivity index (χ3n) is 3.96. The summed E-state index contributed by atoms with van der Waals surface area (Å²) in [4.78, 5) is 12.5.